The number of nitriles is 1. The lowest BCUT2D eigenvalue weighted by molar-refractivity contribution is -0.117. The van der Waals surface area contributed by atoms with Crippen molar-refractivity contribution < 1.29 is 9.18 Å². The van der Waals surface area contributed by atoms with E-state index in [-0.39, 0.29) is 18.3 Å². The monoisotopic (exact) mass is 297 g/mol. The van der Waals surface area contributed by atoms with Crippen molar-refractivity contribution in [3.8, 4) is 6.07 Å². The second kappa shape index (κ2) is 7.34. The molecule has 0 unspecified atom stereocenters. The third kappa shape index (κ3) is 4.69. The smallest absolute Gasteiger partial charge is 0.238 e. The van der Waals surface area contributed by atoms with E-state index in [4.69, 9.17) is 5.26 Å². The number of nitrogens with zero attached hydrogens (tertiary/aromatic N) is 2. The molecule has 0 aromatic heterocycles. The molecule has 1 N–H and O–H groups in total. The Balaban J connectivity index is 1.89. The third-order valence-corrected chi connectivity index (χ3v) is 3.03. The number of hydrogen-bond donors (Lipinski definition) is 1. The van der Waals surface area contributed by atoms with Crippen LogP contribution in [-0.4, -0.2) is 24.4 Å². The third-order valence-electron chi connectivity index (χ3n) is 3.03. The summed E-state index contributed by atoms with van der Waals surface area (Å²) in [5.74, 6) is -0.607. The first kappa shape index (κ1) is 15.7. The average Bonchev–Trinajstić information content (AvgIpc) is 2.47. The fourth-order valence-electron chi connectivity index (χ4n) is 2.12. The summed E-state index contributed by atoms with van der Waals surface area (Å²) in [5.41, 5.74) is 1.99. The highest BCUT2D eigenvalue weighted by atomic mass is 19.1. The molecule has 4 nitrogen and oxygen atoms in total. The Labute approximate surface area is 128 Å². The van der Waals surface area contributed by atoms with E-state index in [2.05, 4.69) is 11.4 Å². The van der Waals surface area contributed by atoms with Gasteiger partial charge in [-0.25, -0.2) is 4.39 Å². The average molecular weight is 297 g/mol. The Kier molecular flexibility index (Phi) is 5.23. The Bertz CT molecular complexity index is 709. The summed E-state index contributed by atoms with van der Waals surface area (Å²) in [6.45, 7) is 0.722. The number of likely N-dealkylation sites (N-methyl/N-ethyl adjacent to an activating group) is 1. The summed E-state index contributed by atoms with van der Waals surface area (Å²) in [7, 11) is 1.81. The number of carbonyl (C=O) groups is 1. The minimum atomic E-state index is -0.389. The van der Waals surface area contributed by atoms with Crippen LogP contribution in [0, 0.1) is 17.1 Å². The molecule has 0 bridgehead atoms. The molecular formula is C17H16FN3O. The van der Waals surface area contributed by atoms with Gasteiger partial charge in [0.1, 0.15) is 5.82 Å². The number of carbonyl (C=O) groups excluding carboxylic acids is 1. The van der Waals surface area contributed by atoms with Crippen LogP contribution in [-0.2, 0) is 11.3 Å². The molecular weight excluding hydrogens is 281 g/mol. The van der Waals surface area contributed by atoms with Gasteiger partial charge in [-0.15, -0.1) is 0 Å². The molecule has 0 spiro atoms. The van der Waals surface area contributed by atoms with E-state index in [1.54, 1.807) is 24.3 Å². The number of anilines is 1. The van der Waals surface area contributed by atoms with Gasteiger partial charge in [-0.05, 0) is 42.9 Å². The van der Waals surface area contributed by atoms with Gasteiger partial charge in [-0.1, -0.05) is 18.2 Å². The van der Waals surface area contributed by atoms with Crippen LogP contribution < -0.4 is 5.32 Å². The molecule has 0 aliphatic heterocycles. The van der Waals surface area contributed by atoms with Gasteiger partial charge in [0, 0.05) is 12.2 Å². The molecule has 5 heteroatoms. The van der Waals surface area contributed by atoms with E-state index in [9.17, 15) is 9.18 Å². The highest BCUT2D eigenvalue weighted by Crippen LogP contribution is 2.10. The molecule has 0 fully saturated rings. The van der Waals surface area contributed by atoms with Gasteiger partial charge in [-0.2, -0.15) is 5.26 Å². The molecule has 2 aromatic carbocycles. The zero-order valence-corrected chi connectivity index (χ0v) is 12.2. The Morgan fingerprint density at radius 3 is 2.77 bits per heavy atom. The summed E-state index contributed by atoms with van der Waals surface area (Å²) in [4.78, 5) is 13.7. The summed E-state index contributed by atoms with van der Waals surface area (Å²) in [6.07, 6.45) is 0. The number of hydrogen-bond acceptors (Lipinski definition) is 3. The lowest BCUT2D eigenvalue weighted by Crippen LogP contribution is -2.29. The number of benzene rings is 2. The Morgan fingerprint density at radius 1 is 1.27 bits per heavy atom. The molecule has 0 atom stereocenters. The second-order valence-electron chi connectivity index (χ2n) is 5.04. The van der Waals surface area contributed by atoms with Crippen molar-refractivity contribution in [1.82, 2.24) is 4.90 Å². The lowest BCUT2D eigenvalue weighted by Gasteiger charge is -2.16. The highest BCUT2D eigenvalue weighted by molar-refractivity contribution is 5.92. The summed E-state index contributed by atoms with van der Waals surface area (Å²) in [5, 5.41) is 11.5. The van der Waals surface area contributed by atoms with Crippen LogP contribution in [0.25, 0.3) is 0 Å². The molecule has 0 radical (unpaired) electrons. The largest absolute Gasteiger partial charge is 0.325 e. The van der Waals surface area contributed by atoms with Crippen LogP contribution in [0.3, 0.4) is 0 Å². The van der Waals surface area contributed by atoms with Crippen molar-refractivity contribution in [3.63, 3.8) is 0 Å². The molecule has 22 heavy (non-hydrogen) atoms. The predicted octanol–water partition coefficient (Wildman–Crippen LogP) is 2.77. The fourth-order valence-corrected chi connectivity index (χ4v) is 2.12. The van der Waals surface area contributed by atoms with Crippen LogP contribution >= 0.6 is 0 Å². The first-order valence-corrected chi connectivity index (χ1v) is 6.80. The molecule has 0 saturated carbocycles. The fraction of sp³-hybridized carbons (Fsp3) is 0.176. The van der Waals surface area contributed by atoms with E-state index < -0.39 is 0 Å². The SMILES string of the molecule is CN(CC(=O)Nc1cccc(F)c1)Cc1cccc(C#N)c1. The summed E-state index contributed by atoms with van der Waals surface area (Å²) < 4.78 is 13.1. The van der Waals surface area contributed by atoms with Crippen molar-refractivity contribution in [2.75, 3.05) is 18.9 Å². The van der Waals surface area contributed by atoms with Crippen LogP contribution in [0.2, 0.25) is 0 Å². The standard InChI is InChI=1S/C17H16FN3O/c1-21(11-14-5-2-4-13(8-14)10-19)12-17(22)20-16-7-3-6-15(18)9-16/h2-9H,11-12H2,1H3,(H,20,22). The molecule has 0 aliphatic rings. The maximum atomic E-state index is 13.1. The molecule has 0 aliphatic carbocycles. The van der Waals surface area contributed by atoms with Gasteiger partial charge in [0.2, 0.25) is 5.91 Å². The van der Waals surface area contributed by atoms with E-state index in [0.717, 1.165) is 5.56 Å². The Hall–Kier alpha value is -2.71. The summed E-state index contributed by atoms with van der Waals surface area (Å²) >= 11 is 0. The minimum absolute atomic E-state index is 0.174. The maximum Gasteiger partial charge on any atom is 0.238 e. The number of halogens is 1. The molecule has 112 valence electrons. The van der Waals surface area contributed by atoms with Gasteiger partial charge < -0.3 is 5.32 Å². The number of amides is 1. The van der Waals surface area contributed by atoms with E-state index in [1.165, 1.54) is 12.1 Å². The Morgan fingerprint density at radius 2 is 2.05 bits per heavy atom. The van der Waals surface area contributed by atoms with Crippen molar-refractivity contribution in [1.29, 1.82) is 5.26 Å². The first-order chi connectivity index (χ1) is 10.6. The molecule has 0 heterocycles. The second-order valence-corrected chi connectivity index (χ2v) is 5.04. The highest BCUT2D eigenvalue weighted by Gasteiger charge is 2.08. The van der Waals surface area contributed by atoms with Crippen molar-refractivity contribution >= 4 is 11.6 Å². The van der Waals surface area contributed by atoms with E-state index in [0.29, 0.717) is 17.8 Å². The molecule has 2 aromatic rings. The van der Waals surface area contributed by atoms with Gasteiger partial charge in [0.05, 0.1) is 18.2 Å². The predicted molar refractivity (Wildman–Crippen MR) is 82.5 cm³/mol. The number of rotatable bonds is 5. The van der Waals surface area contributed by atoms with Gasteiger partial charge in [0.15, 0.2) is 0 Å². The van der Waals surface area contributed by atoms with Gasteiger partial charge in [0.25, 0.3) is 0 Å². The molecule has 2 rings (SSSR count). The van der Waals surface area contributed by atoms with Crippen molar-refractivity contribution in [2.45, 2.75) is 6.54 Å². The molecule has 0 saturated heterocycles. The maximum absolute atomic E-state index is 13.1. The van der Waals surface area contributed by atoms with Gasteiger partial charge >= 0.3 is 0 Å². The minimum Gasteiger partial charge on any atom is -0.325 e. The van der Waals surface area contributed by atoms with Crippen molar-refractivity contribution in [3.05, 3.63) is 65.5 Å². The molecule has 1 amide bonds. The van der Waals surface area contributed by atoms with Crippen LogP contribution in [0.4, 0.5) is 10.1 Å². The van der Waals surface area contributed by atoms with Crippen LogP contribution in [0.1, 0.15) is 11.1 Å². The van der Waals surface area contributed by atoms with Gasteiger partial charge in [-0.3, -0.25) is 9.69 Å². The lowest BCUT2D eigenvalue weighted by atomic mass is 10.1. The quantitative estimate of drug-likeness (QED) is 0.923. The van der Waals surface area contributed by atoms with Crippen LogP contribution in [0.15, 0.2) is 48.5 Å². The van der Waals surface area contributed by atoms with Crippen LogP contribution in [0.5, 0.6) is 0 Å². The first-order valence-electron chi connectivity index (χ1n) is 6.80. The summed E-state index contributed by atoms with van der Waals surface area (Å²) in [6, 6.07) is 15.1. The van der Waals surface area contributed by atoms with Crippen molar-refractivity contribution in [2.24, 2.45) is 0 Å². The normalized spacial score (nSPS) is 10.3. The zero-order valence-electron chi connectivity index (χ0n) is 12.2. The van der Waals surface area contributed by atoms with E-state index in [1.807, 2.05) is 24.1 Å². The van der Waals surface area contributed by atoms with E-state index >= 15 is 0 Å². The topological polar surface area (TPSA) is 56.1 Å². The zero-order chi connectivity index (χ0) is 15.9. The number of nitrogens with one attached hydrogen (secondary N) is 1.